The van der Waals surface area contributed by atoms with Crippen molar-refractivity contribution in [2.45, 2.75) is 18.6 Å². The Kier molecular flexibility index (Phi) is 5.19. The third kappa shape index (κ3) is 4.91. The zero-order chi connectivity index (χ0) is 16.3. The van der Waals surface area contributed by atoms with Crippen molar-refractivity contribution in [3.63, 3.8) is 0 Å². The van der Waals surface area contributed by atoms with Gasteiger partial charge in [-0.15, -0.1) is 5.54 Å². The van der Waals surface area contributed by atoms with Crippen molar-refractivity contribution < 1.29 is 30.6 Å². The molecule has 9 heteroatoms. The number of aldehydes is 1. The maximum atomic E-state index is 12.2. The van der Waals surface area contributed by atoms with E-state index in [1.165, 1.54) is 6.07 Å². The molecule has 1 aromatic carbocycles. The van der Waals surface area contributed by atoms with Crippen LogP contribution in [0.1, 0.15) is 15.9 Å². The molecule has 21 heavy (non-hydrogen) atoms. The Morgan fingerprint density at radius 2 is 1.86 bits per heavy atom. The van der Waals surface area contributed by atoms with E-state index < -0.39 is 30.2 Å². The zero-order valence-electron chi connectivity index (χ0n) is 11.0. The number of hydrogen-bond donors (Lipinski definition) is 0. The molecule has 0 amide bonds. The van der Waals surface area contributed by atoms with Crippen LogP contribution in [0.15, 0.2) is 18.2 Å². The normalized spacial score (nSPS) is 11.7. The summed E-state index contributed by atoms with van der Waals surface area (Å²) in [5.74, 6) is 2.05. The van der Waals surface area contributed by atoms with Gasteiger partial charge in [-0.2, -0.15) is 21.6 Å². The Balaban J connectivity index is 3.24. The van der Waals surface area contributed by atoms with Gasteiger partial charge in [-0.3, -0.25) is 4.79 Å². The van der Waals surface area contributed by atoms with Crippen LogP contribution in [0.4, 0.5) is 13.2 Å². The molecule has 0 aliphatic rings. The largest absolute Gasteiger partial charge is 0.534 e. The summed E-state index contributed by atoms with van der Waals surface area (Å²) in [7, 11) is -6.69. The highest BCUT2D eigenvalue weighted by molar-refractivity contribution is 7.88. The van der Waals surface area contributed by atoms with Crippen LogP contribution in [-0.2, 0) is 10.1 Å². The van der Waals surface area contributed by atoms with E-state index in [9.17, 15) is 26.4 Å². The molecule has 1 rings (SSSR count). The highest BCUT2D eigenvalue weighted by Gasteiger charge is 2.48. The van der Waals surface area contributed by atoms with Crippen LogP contribution in [-0.4, -0.2) is 29.0 Å². The van der Waals surface area contributed by atoms with Gasteiger partial charge in [-0.1, -0.05) is 19.0 Å². The molecule has 4 nitrogen and oxygen atoms in total. The summed E-state index contributed by atoms with van der Waals surface area (Å²) < 4.78 is 62.6. The summed E-state index contributed by atoms with van der Waals surface area (Å²) >= 11 is 0. The summed E-state index contributed by atoms with van der Waals surface area (Å²) in [4.78, 5) is 10.7. The van der Waals surface area contributed by atoms with Gasteiger partial charge in [0, 0.05) is 11.1 Å². The average Bonchev–Trinajstić information content (AvgIpc) is 2.34. The lowest BCUT2D eigenvalue weighted by atomic mass is 10.1. The number of halogens is 3. The number of rotatable bonds is 3. The predicted molar refractivity (Wildman–Crippen MR) is 71.8 cm³/mol. The maximum absolute atomic E-state index is 12.2. The van der Waals surface area contributed by atoms with Crippen molar-refractivity contribution in [1.29, 1.82) is 0 Å². The predicted octanol–water partition coefficient (Wildman–Crippen LogP) is 2.37. The van der Waals surface area contributed by atoms with Crippen LogP contribution in [0.5, 0.6) is 5.75 Å². The molecule has 0 saturated heterocycles. The van der Waals surface area contributed by atoms with Gasteiger partial charge in [0.05, 0.1) is 0 Å². The Bertz CT molecular complexity index is 699. The van der Waals surface area contributed by atoms with Crippen LogP contribution in [0.2, 0.25) is 13.1 Å². The molecule has 1 aromatic rings. The Labute approximate surface area is 121 Å². The molecule has 0 saturated carbocycles. The van der Waals surface area contributed by atoms with E-state index in [1.807, 2.05) is 13.1 Å². The van der Waals surface area contributed by atoms with Crippen molar-refractivity contribution in [3.8, 4) is 17.2 Å². The fourth-order valence-electron chi connectivity index (χ4n) is 1.18. The standard InChI is InChI=1S/C12H10F3O4SSi/c1-21(2)4-3-9-5-10(8-16)7-11(6-9)19-20(17,18)12(13,14)15/h5-8H,1-2H3. The number of carbonyl (C=O) groups excluding carboxylic acids is 1. The van der Waals surface area contributed by atoms with Crippen molar-refractivity contribution in [3.05, 3.63) is 29.3 Å². The third-order valence-electron chi connectivity index (χ3n) is 2.01. The molecule has 0 heterocycles. The minimum absolute atomic E-state index is 0.0323. The van der Waals surface area contributed by atoms with Crippen molar-refractivity contribution in [2.24, 2.45) is 0 Å². The topological polar surface area (TPSA) is 60.4 Å². The van der Waals surface area contributed by atoms with Gasteiger partial charge < -0.3 is 4.18 Å². The number of benzene rings is 1. The molecule has 0 aromatic heterocycles. The van der Waals surface area contributed by atoms with Crippen molar-refractivity contribution >= 4 is 25.2 Å². The van der Waals surface area contributed by atoms with E-state index in [1.54, 1.807) is 0 Å². The first-order chi connectivity index (χ1) is 9.55. The quantitative estimate of drug-likeness (QED) is 0.280. The van der Waals surface area contributed by atoms with Crippen LogP contribution in [0.3, 0.4) is 0 Å². The monoisotopic (exact) mass is 335 g/mol. The molecule has 0 aliphatic carbocycles. The lowest BCUT2D eigenvalue weighted by Crippen LogP contribution is -2.28. The molecule has 0 spiro atoms. The van der Waals surface area contributed by atoms with Gasteiger partial charge in [0.25, 0.3) is 0 Å². The molecule has 0 bridgehead atoms. The summed E-state index contributed by atoms with van der Waals surface area (Å²) in [5.41, 5.74) is -2.53. The van der Waals surface area contributed by atoms with E-state index in [0.717, 1.165) is 12.1 Å². The first-order valence-corrected chi connectivity index (χ1v) is 9.39. The third-order valence-corrected chi connectivity index (χ3v) is 3.61. The second-order valence-corrected chi connectivity index (χ2v) is 7.93. The second kappa shape index (κ2) is 6.32. The smallest absolute Gasteiger partial charge is 0.376 e. The van der Waals surface area contributed by atoms with Gasteiger partial charge in [-0.25, -0.2) is 0 Å². The van der Waals surface area contributed by atoms with E-state index in [0.29, 0.717) is 6.29 Å². The molecule has 0 atom stereocenters. The maximum Gasteiger partial charge on any atom is 0.534 e. The second-order valence-electron chi connectivity index (χ2n) is 4.14. The highest BCUT2D eigenvalue weighted by Crippen LogP contribution is 2.27. The van der Waals surface area contributed by atoms with Crippen LogP contribution < -0.4 is 4.18 Å². The molecule has 0 fully saturated rings. The molecular formula is C12H10F3O4SSi. The molecule has 0 unspecified atom stereocenters. The van der Waals surface area contributed by atoms with Gasteiger partial charge in [0.15, 0.2) is 0 Å². The first kappa shape index (κ1) is 17.3. The number of alkyl halides is 3. The van der Waals surface area contributed by atoms with Gasteiger partial charge in [0.1, 0.15) is 20.8 Å². The number of carbonyl (C=O) groups is 1. The van der Waals surface area contributed by atoms with E-state index in [-0.39, 0.29) is 11.1 Å². The van der Waals surface area contributed by atoms with Gasteiger partial charge in [-0.05, 0) is 18.2 Å². The first-order valence-electron chi connectivity index (χ1n) is 5.48. The van der Waals surface area contributed by atoms with Crippen molar-refractivity contribution in [1.82, 2.24) is 0 Å². The highest BCUT2D eigenvalue weighted by atomic mass is 32.2. The summed E-state index contributed by atoms with van der Waals surface area (Å²) in [5, 5.41) is 0. The number of hydrogen-bond acceptors (Lipinski definition) is 4. The summed E-state index contributed by atoms with van der Waals surface area (Å²) in [6.07, 6.45) is 0.363. The minimum atomic E-state index is -5.78. The van der Waals surface area contributed by atoms with Crippen LogP contribution >= 0.6 is 0 Å². The Morgan fingerprint density at radius 1 is 1.24 bits per heavy atom. The fourth-order valence-corrected chi connectivity index (χ4v) is 2.02. The molecule has 0 N–H and O–H groups in total. The molecular weight excluding hydrogens is 325 g/mol. The average molecular weight is 335 g/mol. The molecule has 1 radical (unpaired) electrons. The molecule has 0 aliphatic heterocycles. The fraction of sp³-hybridized carbons (Fsp3) is 0.250. The lowest BCUT2D eigenvalue weighted by Gasteiger charge is -2.10. The SMILES string of the molecule is C[Si](C)C#Cc1cc(C=O)cc(OS(=O)(=O)C(F)(F)F)c1. The Morgan fingerprint density at radius 3 is 2.33 bits per heavy atom. The summed E-state index contributed by atoms with van der Waals surface area (Å²) in [6.45, 7) is 3.79. The lowest BCUT2D eigenvalue weighted by molar-refractivity contribution is -0.0500. The van der Waals surface area contributed by atoms with E-state index >= 15 is 0 Å². The van der Waals surface area contributed by atoms with Crippen LogP contribution in [0, 0.1) is 11.5 Å². The Hall–Kier alpha value is -1.79. The van der Waals surface area contributed by atoms with Crippen LogP contribution in [0.25, 0.3) is 0 Å². The zero-order valence-corrected chi connectivity index (χ0v) is 12.8. The minimum Gasteiger partial charge on any atom is -0.376 e. The van der Waals surface area contributed by atoms with Gasteiger partial charge >= 0.3 is 15.6 Å². The van der Waals surface area contributed by atoms with Crippen molar-refractivity contribution in [2.75, 3.05) is 0 Å². The van der Waals surface area contributed by atoms with E-state index in [4.69, 9.17) is 0 Å². The van der Waals surface area contributed by atoms with Gasteiger partial charge in [0.2, 0.25) is 0 Å². The van der Waals surface area contributed by atoms with E-state index in [2.05, 4.69) is 15.6 Å². The summed E-state index contributed by atoms with van der Waals surface area (Å²) in [6, 6.07) is 3.26. The molecule has 113 valence electrons.